The van der Waals surface area contributed by atoms with E-state index in [0.29, 0.717) is 30.5 Å². The normalized spacial score (nSPS) is 9.89. The van der Waals surface area contributed by atoms with E-state index in [2.05, 4.69) is 26.0 Å². The summed E-state index contributed by atoms with van der Waals surface area (Å²) in [7, 11) is 3.39. The van der Waals surface area contributed by atoms with Crippen LogP contribution in [0.3, 0.4) is 0 Å². The number of amides is 2. The van der Waals surface area contributed by atoms with E-state index in [9.17, 15) is 4.79 Å². The first kappa shape index (κ1) is 15.0. The molecule has 0 saturated carbocycles. The number of nitrogens with two attached hydrogens (primary N) is 1. The number of aryl methyl sites for hydroxylation is 1. The van der Waals surface area contributed by atoms with E-state index in [1.165, 1.54) is 4.90 Å². The second-order valence-electron chi connectivity index (χ2n) is 4.11. The number of anilines is 2. The lowest BCUT2D eigenvalue weighted by atomic mass is 10.4. The Morgan fingerprint density at radius 3 is 2.58 bits per heavy atom. The summed E-state index contributed by atoms with van der Waals surface area (Å²) in [5.41, 5.74) is 2.50. The third-order valence-electron chi connectivity index (χ3n) is 2.35. The molecule has 1 rings (SSSR count). The second-order valence-corrected chi connectivity index (χ2v) is 4.11. The molecule has 5 N–H and O–H groups in total. The maximum Gasteiger partial charge on any atom is 0.316 e. The Balaban J connectivity index is 2.46. The minimum atomic E-state index is -0.122. The highest BCUT2D eigenvalue weighted by Crippen LogP contribution is 2.10. The molecule has 0 atom stereocenters. The molecule has 19 heavy (non-hydrogen) atoms. The molecule has 0 unspecified atom stereocenters. The Hall–Kier alpha value is -2.09. The van der Waals surface area contributed by atoms with Gasteiger partial charge < -0.3 is 21.0 Å². The van der Waals surface area contributed by atoms with Crippen LogP contribution in [0.4, 0.5) is 16.4 Å². The number of nitrogens with one attached hydrogen (secondary N) is 3. The summed E-state index contributed by atoms with van der Waals surface area (Å²) in [6, 6.07) is 1.59. The number of nitrogens with zero attached hydrogens (tertiary/aromatic N) is 3. The molecular formula is C11H21N7O. The summed E-state index contributed by atoms with van der Waals surface area (Å²) >= 11 is 0. The minimum Gasteiger partial charge on any atom is -0.368 e. The summed E-state index contributed by atoms with van der Waals surface area (Å²) in [6.45, 7) is 3.05. The van der Waals surface area contributed by atoms with Gasteiger partial charge in [-0.15, -0.1) is 0 Å². The van der Waals surface area contributed by atoms with Crippen LogP contribution in [-0.4, -0.2) is 48.1 Å². The fourth-order valence-electron chi connectivity index (χ4n) is 1.34. The number of carbonyl (C=O) groups is 1. The summed E-state index contributed by atoms with van der Waals surface area (Å²) in [6.07, 6.45) is 0.724. The van der Waals surface area contributed by atoms with Crippen molar-refractivity contribution < 1.29 is 4.79 Å². The lowest BCUT2D eigenvalue weighted by molar-refractivity contribution is 0.218. The fourth-order valence-corrected chi connectivity index (χ4v) is 1.34. The molecular weight excluding hydrogens is 246 g/mol. The van der Waals surface area contributed by atoms with Gasteiger partial charge in [0.15, 0.2) is 0 Å². The molecule has 0 spiro atoms. The average molecular weight is 267 g/mol. The van der Waals surface area contributed by atoms with Crippen molar-refractivity contribution >= 4 is 17.7 Å². The van der Waals surface area contributed by atoms with E-state index >= 15 is 0 Å². The molecule has 0 fully saturated rings. The van der Waals surface area contributed by atoms with Gasteiger partial charge in [-0.1, -0.05) is 6.92 Å². The van der Waals surface area contributed by atoms with Gasteiger partial charge in [0.2, 0.25) is 0 Å². The molecule has 0 aliphatic carbocycles. The zero-order valence-corrected chi connectivity index (χ0v) is 11.5. The largest absolute Gasteiger partial charge is 0.368 e. The van der Waals surface area contributed by atoms with Gasteiger partial charge in [0.05, 0.1) is 0 Å². The van der Waals surface area contributed by atoms with Gasteiger partial charge in [-0.25, -0.2) is 20.6 Å². The molecule has 0 aliphatic heterocycles. The topological polar surface area (TPSA) is 108 Å². The standard InChI is InChI=1S/C11H21N7O/c1-4-8-15-9(7-10(16-8)17-12)13-5-6-14-11(19)18(2)3/h7H,4-6,12H2,1-3H3,(H,14,19)(H2,13,15,16,17). The van der Waals surface area contributed by atoms with E-state index in [1.54, 1.807) is 20.2 Å². The van der Waals surface area contributed by atoms with E-state index in [4.69, 9.17) is 5.84 Å². The number of hydrogen-bond acceptors (Lipinski definition) is 6. The quantitative estimate of drug-likeness (QED) is 0.328. The average Bonchev–Trinajstić information content (AvgIpc) is 2.42. The SMILES string of the molecule is CCc1nc(NN)cc(NCCNC(=O)N(C)C)n1. The molecule has 1 aromatic heterocycles. The van der Waals surface area contributed by atoms with Crippen LogP contribution in [0.5, 0.6) is 0 Å². The van der Waals surface area contributed by atoms with Gasteiger partial charge in [0.25, 0.3) is 0 Å². The molecule has 8 heteroatoms. The van der Waals surface area contributed by atoms with Crippen LogP contribution in [0, 0.1) is 0 Å². The number of hydrogen-bond donors (Lipinski definition) is 4. The minimum absolute atomic E-state index is 0.122. The molecule has 2 amide bonds. The van der Waals surface area contributed by atoms with Crippen LogP contribution < -0.4 is 21.9 Å². The van der Waals surface area contributed by atoms with E-state index < -0.39 is 0 Å². The first-order valence-corrected chi connectivity index (χ1v) is 6.10. The Bertz CT molecular complexity index is 399. The number of aromatic nitrogens is 2. The molecule has 0 saturated heterocycles. The number of urea groups is 1. The van der Waals surface area contributed by atoms with Crippen LogP contribution in [0.1, 0.15) is 12.7 Å². The number of nitrogen functional groups attached to an aromatic ring is 1. The third-order valence-corrected chi connectivity index (χ3v) is 2.35. The Labute approximate surface area is 112 Å². The zero-order valence-electron chi connectivity index (χ0n) is 11.5. The lowest BCUT2D eigenvalue weighted by Crippen LogP contribution is -2.37. The second kappa shape index (κ2) is 7.37. The van der Waals surface area contributed by atoms with Crippen molar-refractivity contribution in [3.8, 4) is 0 Å². The number of hydrazine groups is 1. The van der Waals surface area contributed by atoms with Crippen LogP contribution >= 0.6 is 0 Å². The maximum atomic E-state index is 11.3. The molecule has 0 aromatic carbocycles. The molecule has 0 bridgehead atoms. The number of carbonyl (C=O) groups excluding carboxylic acids is 1. The molecule has 8 nitrogen and oxygen atoms in total. The first-order chi connectivity index (χ1) is 9.06. The van der Waals surface area contributed by atoms with E-state index in [1.807, 2.05) is 6.92 Å². The van der Waals surface area contributed by atoms with Gasteiger partial charge >= 0.3 is 6.03 Å². The predicted octanol–water partition coefficient (Wildman–Crippen LogP) is 0.00770. The summed E-state index contributed by atoms with van der Waals surface area (Å²) < 4.78 is 0. The highest BCUT2D eigenvalue weighted by molar-refractivity contribution is 5.73. The van der Waals surface area contributed by atoms with Crippen LogP contribution in [-0.2, 0) is 6.42 Å². The Kier molecular flexibility index (Phi) is 5.80. The van der Waals surface area contributed by atoms with Crippen LogP contribution in [0.25, 0.3) is 0 Å². The Morgan fingerprint density at radius 2 is 2.00 bits per heavy atom. The summed E-state index contributed by atoms with van der Waals surface area (Å²) in [4.78, 5) is 21.3. The molecule has 0 radical (unpaired) electrons. The van der Waals surface area contributed by atoms with Crippen molar-refractivity contribution in [3.63, 3.8) is 0 Å². The lowest BCUT2D eigenvalue weighted by Gasteiger charge is -2.13. The van der Waals surface area contributed by atoms with Gasteiger partial charge in [-0.3, -0.25) is 0 Å². The highest BCUT2D eigenvalue weighted by Gasteiger charge is 2.03. The monoisotopic (exact) mass is 267 g/mol. The van der Waals surface area contributed by atoms with Gasteiger partial charge in [-0.2, -0.15) is 0 Å². The van der Waals surface area contributed by atoms with Crippen molar-refractivity contribution in [2.24, 2.45) is 5.84 Å². The smallest absolute Gasteiger partial charge is 0.316 e. The summed E-state index contributed by atoms with van der Waals surface area (Å²) in [5.74, 6) is 7.28. The third kappa shape index (κ3) is 4.96. The van der Waals surface area contributed by atoms with Crippen molar-refractivity contribution in [2.45, 2.75) is 13.3 Å². The van der Waals surface area contributed by atoms with Crippen molar-refractivity contribution in [1.82, 2.24) is 20.2 Å². The van der Waals surface area contributed by atoms with Crippen molar-refractivity contribution in [3.05, 3.63) is 11.9 Å². The molecule has 1 heterocycles. The van der Waals surface area contributed by atoms with Gasteiger partial charge in [0, 0.05) is 39.7 Å². The molecule has 106 valence electrons. The molecule has 1 aromatic rings. The van der Waals surface area contributed by atoms with Crippen molar-refractivity contribution in [1.29, 1.82) is 0 Å². The van der Waals surface area contributed by atoms with Crippen LogP contribution in [0.15, 0.2) is 6.07 Å². The zero-order chi connectivity index (χ0) is 14.3. The van der Waals surface area contributed by atoms with Gasteiger partial charge in [-0.05, 0) is 0 Å². The first-order valence-electron chi connectivity index (χ1n) is 6.10. The Morgan fingerprint density at radius 1 is 1.32 bits per heavy atom. The van der Waals surface area contributed by atoms with E-state index in [0.717, 1.165) is 6.42 Å². The number of rotatable bonds is 6. The summed E-state index contributed by atoms with van der Waals surface area (Å²) in [5, 5.41) is 5.86. The van der Waals surface area contributed by atoms with Crippen LogP contribution in [0.2, 0.25) is 0 Å². The fraction of sp³-hybridized carbons (Fsp3) is 0.545. The van der Waals surface area contributed by atoms with E-state index in [-0.39, 0.29) is 6.03 Å². The maximum absolute atomic E-state index is 11.3. The molecule has 0 aliphatic rings. The van der Waals surface area contributed by atoms with Gasteiger partial charge in [0.1, 0.15) is 17.5 Å². The van der Waals surface area contributed by atoms with Crippen molar-refractivity contribution in [2.75, 3.05) is 37.9 Å². The highest BCUT2D eigenvalue weighted by atomic mass is 16.2. The predicted molar refractivity (Wildman–Crippen MR) is 74.8 cm³/mol.